The maximum Gasteiger partial charge on any atom is 0.340 e. The van der Waals surface area contributed by atoms with Crippen LogP contribution in [0.25, 0.3) is 0 Å². The molecule has 0 spiro atoms. The first-order valence-electron chi connectivity index (χ1n) is 8.81. The quantitative estimate of drug-likeness (QED) is 0.395. The van der Waals surface area contributed by atoms with E-state index in [0.29, 0.717) is 12.4 Å². The molecule has 0 fully saturated rings. The molecular formula is C21H18Cl2N2O4. The van der Waals surface area contributed by atoms with E-state index in [-0.39, 0.29) is 33.3 Å². The maximum absolute atomic E-state index is 13.2. The fraction of sp³-hybridized carbons (Fsp3) is 0.190. The summed E-state index contributed by atoms with van der Waals surface area (Å²) in [6.07, 6.45) is 1.43. The summed E-state index contributed by atoms with van der Waals surface area (Å²) in [5.41, 5.74) is 1.24. The summed E-state index contributed by atoms with van der Waals surface area (Å²) in [6, 6.07) is 12.5. The molecule has 1 aromatic heterocycles. The lowest BCUT2D eigenvalue weighted by Crippen LogP contribution is -2.11. The number of ketones is 1. The molecule has 2 aromatic carbocycles. The number of aryl methyl sites for hydroxylation is 1. The van der Waals surface area contributed by atoms with Crippen LogP contribution in [0.3, 0.4) is 0 Å². The number of benzene rings is 2. The van der Waals surface area contributed by atoms with Gasteiger partial charge in [0.2, 0.25) is 11.7 Å². The minimum Gasteiger partial charge on any atom is -0.472 e. The van der Waals surface area contributed by atoms with Gasteiger partial charge in [0.25, 0.3) is 0 Å². The van der Waals surface area contributed by atoms with Crippen molar-refractivity contribution in [2.75, 3.05) is 7.11 Å². The van der Waals surface area contributed by atoms with E-state index in [2.05, 4.69) is 5.10 Å². The number of ether oxygens (including phenoxy) is 2. The lowest BCUT2D eigenvalue weighted by atomic mass is 10.0. The van der Waals surface area contributed by atoms with Crippen molar-refractivity contribution in [2.24, 2.45) is 0 Å². The monoisotopic (exact) mass is 432 g/mol. The lowest BCUT2D eigenvalue weighted by Gasteiger charge is -2.12. The van der Waals surface area contributed by atoms with Crippen molar-refractivity contribution < 1.29 is 19.1 Å². The molecule has 0 unspecified atom stereocenters. The first-order valence-corrected chi connectivity index (χ1v) is 9.57. The van der Waals surface area contributed by atoms with Crippen LogP contribution in [0, 0.1) is 0 Å². The molecule has 0 amide bonds. The second-order valence-corrected chi connectivity index (χ2v) is 6.84. The zero-order valence-corrected chi connectivity index (χ0v) is 17.3. The Morgan fingerprint density at radius 1 is 1.07 bits per heavy atom. The lowest BCUT2D eigenvalue weighted by molar-refractivity contribution is 0.0601. The summed E-state index contributed by atoms with van der Waals surface area (Å²) in [4.78, 5) is 25.2. The molecule has 29 heavy (non-hydrogen) atoms. The van der Waals surface area contributed by atoms with Crippen molar-refractivity contribution in [3.8, 4) is 5.88 Å². The van der Waals surface area contributed by atoms with E-state index in [1.165, 1.54) is 25.4 Å². The third kappa shape index (κ3) is 4.28. The predicted octanol–water partition coefficient (Wildman–Crippen LogP) is 4.81. The Balaban J connectivity index is 1.98. The molecule has 0 aliphatic heterocycles. The van der Waals surface area contributed by atoms with E-state index in [9.17, 15) is 9.59 Å². The minimum atomic E-state index is -0.723. The van der Waals surface area contributed by atoms with Crippen LogP contribution < -0.4 is 4.74 Å². The highest BCUT2D eigenvalue weighted by Crippen LogP contribution is 2.32. The van der Waals surface area contributed by atoms with Crippen LogP contribution in [0.5, 0.6) is 5.88 Å². The van der Waals surface area contributed by atoms with E-state index in [1.807, 2.05) is 37.3 Å². The van der Waals surface area contributed by atoms with Crippen LogP contribution in [0.2, 0.25) is 10.0 Å². The van der Waals surface area contributed by atoms with Crippen molar-refractivity contribution in [3.63, 3.8) is 0 Å². The van der Waals surface area contributed by atoms with E-state index in [0.717, 1.165) is 5.56 Å². The van der Waals surface area contributed by atoms with Crippen LogP contribution >= 0.6 is 23.2 Å². The Morgan fingerprint density at radius 3 is 2.45 bits per heavy atom. The fourth-order valence-corrected chi connectivity index (χ4v) is 3.41. The highest BCUT2D eigenvalue weighted by Gasteiger charge is 2.26. The Labute approximate surface area is 177 Å². The third-order valence-electron chi connectivity index (χ3n) is 4.28. The number of nitrogens with zero attached hydrogens (tertiary/aromatic N) is 2. The standard InChI is InChI=1S/C21H18Cl2N2O4/c1-3-25-20(29-12-13-7-5-4-6-8-13)15(11-24-25)19(26)14-9-10-16(22)17(18(14)23)21(27)28-2/h4-11H,3,12H2,1-2H3. The number of carbonyl (C=O) groups excluding carboxylic acids is 2. The summed E-state index contributed by atoms with van der Waals surface area (Å²) in [5, 5.41) is 4.25. The van der Waals surface area contributed by atoms with Gasteiger partial charge in [0.05, 0.1) is 28.9 Å². The van der Waals surface area contributed by atoms with Crippen molar-refractivity contribution in [3.05, 3.63) is 81.0 Å². The van der Waals surface area contributed by atoms with E-state index >= 15 is 0 Å². The zero-order chi connectivity index (χ0) is 21.0. The number of rotatable bonds is 7. The minimum absolute atomic E-state index is 0.0590. The second-order valence-electron chi connectivity index (χ2n) is 6.06. The van der Waals surface area contributed by atoms with Crippen LogP contribution in [-0.2, 0) is 17.9 Å². The normalized spacial score (nSPS) is 10.6. The van der Waals surface area contributed by atoms with E-state index < -0.39 is 11.8 Å². The van der Waals surface area contributed by atoms with Gasteiger partial charge in [0.1, 0.15) is 12.2 Å². The fourth-order valence-electron chi connectivity index (χ4n) is 2.80. The number of hydrogen-bond donors (Lipinski definition) is 0. The van der Waals surface area contributed by atoms with Gasteiger partial charge in [-0.05, 0) is 24.6 Å². The Kier molecular flexibility index (Phi) is 6.56. The number of methoxy groups -OCH3 is 1. The zero-order valence-electron chi connectivity index (χ0n) is 15.8. The van der Waals surface area contributed by atoms with E-state index in [4.69, 9.17) is 32.7 Å². The van der Waals surface area contributed by atoms with Crippen molar-refractivity contribution in [1.82, 2.24) is 9.78 Å². The molecule has 0 radical (unpaired) electrons. The van der Waals surface area contributed by atoms with Crippen molar-refractivity contribution in [2.45, 2.75) is 20.1 Å². The molecule has 1 heterocycles. The van der Waals surface area contributed by atoms with Crippen LogP contribution in [0.15, 0.2) is 48.7 Å². The molecule has 0 aliphatic rings. The number of carbonyl (C=O) groups is 2. The molecular weight excluding hydrogens is 415 g/mol. The van der Waals surface area contributed by atoms with Gasteiger partial charge in [-0.1, -0.05) is 53.5 Å². The van der Waals surface area contributed by atoms with Crippen LogP contribution in [0.1, 0.15) is 38.8 Å². The van der Waals surface area contributed by atoms with Crippen LogP contribution in [0.4, 0.5) is 0 Å². The predicted molar refractivity (Wildman–Crippen MR) is 110 cm³/mol. The third-order valence-corrected chi connectivity index (χ3v) is 4.99. The molecule has 0 atom stereocenters. The summed E-state index contributed by atoms with van der Waals surface area (Å²) in [7, 11) is 1.21. The summed E-state index contributed by atoms with van der Waals surface area (Å²) in [5.74, 6) is -0.828. The molecule has 0 N–H and O–H groups in total. The smallest absolute Gasteiger partial charge is 0.340 e. The molecule has 0 aliphatic carbocycles. The Morgan fingerprint density at radius 2 is 1.79 bits per heavy atom. The van der Waals surface area contributed by atoms with Gasteiger partial charge in [-0.3, -0.25) is 4.79 Å². The Bertz CT molecular complexity index is 1050. The molecule has 3 rings (SSSR count). The Hall–Kier alpha value is -2.83. The largest absolute Gasteiger partial charge is 0.472 e. The second kappa shape index (κ2) is 9.11. The average molecular weight is 433 g/mol. The van der Waals surface area contributed by atoms with Crippen molar-refractivity contribution >= 4 is 35.0 Å². The van der Waals surface area contributed by atoms with Gasteiger partial charge in [-0.2, -0.15) is 5.10 Å². The van der Waals surface area contributed by atoms with Crippen molar-refractivity contribution in [1.29, 1.82) is 0 Å². The van der Waals surface area contributed by atoms with Gasteiger partial charge < -0.3 is 9.47 Å². The molecule has 6 nitrogen and oxygen atoms in total. The molecule has 150 valence electrons. The molecule has 0 saturated carbocycles. The number of aromatic nitrogens is 2. The van der Waals surface area contributed by atoms with Gasteiger partial charge in [0, 0.05) is 12.1 Å². The number of halogens is 2. The maximum atomic E-state index is 13.2. The van der Waals surface area contributed by atoms with Gasteiger partial charge >= 0.3 is 5.97 Å². The first-order chi connectivity index (χ1) is 14.0. The average Bonchev–Trinajstić information content (AvgIpc) is 3.15. The SMILES string of the molecule is CCn1ncc(C(=O)c2ccc(Cl)c(C(=O)OC)c2Cl)c1OCc1ccccc1. The molecule has 3 aromatic rings. The highest BCUT2D eigenvalue weighted by molar-refractivity contribution is 6.41. The van der Waals surface area contributed by atoms with Gasteiger partial charge in [-0.25, -0.2) is 9.48 Å². The summed E-state index contributed by atoms with van der Waals surface area (Å²) < 4.78 is 12.2. The van der Waals surface area contributed by atoms with E-state index in [1.54, 1.807) is 4.68 Å². The van der Waals surface area contributed by atoms with Gasteiger partial charge in [-0.15, -0.1) is 0 Å². The first kappa shape index (κ1) is 20.9. The highest BCUT2D eigenvalue weighted by atomic mass is 35.5. The summed E-state index contributed by atoms with van der Waals surface area (Å²) >= 11 is 12.4. The summed E-state index contributed by atoms with van der Waals surface area (Å²) in [6.45, 7) is 2.68. The van der Waals surface area contributed by atoms with Crippen LogP contribution in [-0.4, -0.2) is 28.6 Å². The molecule has 0 saturated heterocycles. The number of hydrogen-bond acceptors (Lipinski definition) is 5. The van der Waals surface area contributed by atoms with Gasteiger partial charge in [0.15, 0.2) is 0 Å². The number of esters is 1. The molecule has 8 heteroatoms. The molecule has 0 bridgehead atoms. The topological polar surface area (TPSA) is 70.4 Å².